The Hall–Kier alpha value is -1.59. The fraction of sp³-hybridized carbons (Fsp3) is 0.333. The van der Waals surface area contributed by atoms with Gasteiger partial charge in [-0.25, -0.2) is 8.42 Å². The third kappa shape index (κ3) is 3.71. The van der Waals surface area contributed by atoms with Crippen LogP contribution in [0, 0.1) is 0 Å². The third-order valence-corrected chi connectivity index (χ3v) is 3.60. The summed E-state index contributed by atoms with van der Waals surface area (Å²) in [6.07, 6.45) is 5.50. The first-order chi connectivity index (χ1) is 9.16. The lowest BCUT2D eigenvalue weighted by atomic mass is 9.95. The number of aromatic nitrogens is 1. The number of fused-ring (bicyclic) bond motifs is 1. The molecule has 2 aromatic rings. The van der Waals surface area contributed by atoms with E-state index in [-0.39, 0.29) is 5.54 Å². The molecule has 4 nitrogen and oxygen atoms in total. The van der Waals surface area contributed by atoms with Gasteiger partial charge >= 0.3 is 0 Å². The monoisotopic (exact) mass is 292 g/mol. The second-order valence-electron chi connectivity index (χ2n) is 5.88. The van der Waals surface area contributed by atoms with E-state index < -0.39 is 9.84 Å². The number of hydrogen-bond donors (Lipinski definition) is 2. The quantitative estimate of drug-likeness (QED) is 0.909. The molecule has 2 rings (SSSR count). The molecule has 3 N–H and O–H groups in total. The molecule has 0 bridgehead atoms. The molecule has 0 unspecified atom stereocenters. The Balaban J connectivity index is 2.48. The molecule has 0 fully saturated rings. The molecular formula is C15H20N2O2S. The van der Waals surface area contributed by atoms with Crippen molar-refractivity contribution in [3.05, 3.63) is 40.9 Å². The van der Waals surface area contributed by atoms with Gasteiger partial charge in [0.05, 0.1) is 5.52 Å². The molecular weight excluding hydrogens is 272 g/mol. The highest BCUT2D eigenvalue weighted by atomic mass is 32.2. The number of rotatable bonds is 4. The summed E-state index contributed by atoms with van der Waals surface area (Å²) in [5, 5.41) is 2.30. The van der Waals surface area contributed by atoms with E-state index in [0.29, 0.717) is 0 Å². The highest BCUT2D eigenvalue weighted by Crippen LogP contribution is 2.25. The summed E-state index contributed by atoms with van der Waals surface area (Å²) in [7, 11) is -3.13. The summed E-state index contributed by atoms with van der Waals surface area (Å²) in [5.41, 5.74) is 8.71. The van der Waals surface area contributed by atoms with Crippen LogP contribution >= 0.6 is 0 Å². The maximum absolute atomic E-state index is 11.2. The second kappa shape index (κ2) is 5.07. The average molecular weight is 292 g/mol. The van der Waals surface area contributed by atoms with Crippen LogP contribution in [0.4, 0.5) is 0 Å². The summed E-state index contributed by atoms with van der Waals surface area (Å²) in [6.45, 7) is 3.97. The van der Waals surface area contributed by atoms with E-state index in [2.05, 4.69) is 4.98 Å². The first-order valence-corrected chi connectivity index (χ1v) is 8.37. The Labute approximate surface area is 119 Å². The van der Waals surface area contributed by atoms with Crippen LogP contribution in [-0.4, -0.2) is 25.2 Å². The summed E-state index contributed by atoms with van der Waals surface area (Å²) in [6, 6.07) is 5.83. The van der Waals surface area contributed by atoms with Gasteiger partial charge in [-0.3, -0.25) is 0 Å². The van der Waals surface area contributed by atoms with Gasteiger partial charge in [0, 0.05) is 28.8 Å². The normalized spacial score (nSPS) is 13.4. The van der Waals surface area contributed by atoms with E-state index in [4.69, 9.17) is 5.73 Å². The number of sulfone groups is 1. The molecule has 1 aromatic heterocycles. The van der Waals surface area contributed by atoms with Crippen molar-refractivity contribution >= 4 is 26.8 Å². The van der Waals surface area contributed by atoms with Crippen LogP contribution in [0.1, 0.15) is 25.0 Å². The van der Waals surface area contributed by atoms with E-state index in [9.17, 15) is 8.42 Å². The fourth-order valence-corrected chi connectivity index (χ4v) is 2.60. The van der Waals surface area contributed by atoms with Crippen molar-refractivity contribution in [3.63, 3.8) is 0 Å². The molecule has 5 heteroatoms. The fourth-order valence-electron chi connectivity index (χ4n) is 2.21. The average Bonchev–Trinajstić information content (AvgIpc) is 2.67. The lowest BCUT2D eigenvalue weighted by Crippen LogP contribution is -2.34. The molecule has 1 heterocycles. The Bertz CT molecular complexity index is 750. The third-order valence-electron chi connectivity index (χ3n) is 2.97. The zero-order valence-electron chi connectivity index (χ0n) is 12.0. The molecule has 0 radical (unpaired) electrons. The second-order valence-corrected chi connectivity index (χ2v) is 7.81. The van der Waals surface area contributed by atoms with Crippen molar-refractivity contribution in [2.24, 2.45) is 5.73 Å². The molecule has 0 aliphatic heterocycles. The van der Waals surface area contributed by atoms with Gasteiger partial charge in [-0.15, -0.1) is 0 Å². The minimum Gasteiger partial charge on any atom is -0.360 e. The molecule has 1 aromatic carbocycles. The first kappa shape index (κ1) is 14.8. The standard InChI is InChI=1S/C15H20N2O2S/c1-15(2,16)9-12-10-17-14-11(5-4-6-13(12)14)7-8-20(3,18)19/h4-8,10,17H,9,16H2,1-3H3/b8-7+. The number of hydrogen-bond acceptors (Lipinski definition) is 3. The van der Waals surface area contributed by atoms with Crippen molar-refractivity contribution < 1.29 is 8.42 Å². The van der Waals surface area contributed by atoms with Crippen LogP contribution < -0.4 is 5.73 Å². The molecule has 108 valence electrons. The Kier molecular flexibility index (Phi) is 3.75. The zero-order chi connectivity index (χ0) is 15.0. The molecule has 0 saturated heterocycles. The Morgan fingerprint density at radius 3 is 2.65 bits per heavy atom. The predicted octanol–water partition coefficient (Wildman–Crippen LogP) is 2.46. The van der Waals surface area contributed by atoms with Crippen molar-refractivity contribution in [1.29, 1.82) is 0 Å². The molecule has 0 atom stereocenters. The van der Waals surface area contributed by atoms with E-state index >= 15 is 0 Å². The van der Waals surface area contributed by atoms with Crippen LogP contribution in [0.2, 0.25) is 0 Å². The SMILES string of the molecule is CC(C)(N)Cc1c[nH]c2c(/C=C/S(C)(=O)=O)cccc12. The maximum Gasteiger partial charge on any atom is 0.168 e. The van der Waals surface area contributed by atoms with Crippen molar-refractivity contribution in [1.82, 2.24) is 4.98 Å². The highest BCUT2D eigenvalue weighted by molar-refractivity contribution is 7.93. The van der Waals surface area contributed by atoms with Gasteiger partial charge in [-0.05, 0) is 37.5 Å². The number of para-hydroxylation sites is 1. The lowest BCUT2D eigenvalue weighted by molar-refractivity contribution is 0.518. The maximum atomic E-state index is 11.2. The van der Waals surface area contributed by atoms with E-state index in [1.165, 1.54) is 11.7 Å². The predicted molar refractivity (Wildman–Crippen MR) is 84.1 cm³/mol. The van der Waals surface area contributed by atoms with Crippen LogP contribution in [0.15, 0.2) is 29.8 Å². The molecule has 0 aliphatic rings. The van der Waals surface area contributed by atoms with Crippen molar-refractivity contribution in [2.75, 3.05) is 6.26 Å². The van der Waals surface area contributed by atoms with Gasteiger partial charge in [0.15, 0.2) is 9.84 Å². The van der Waals surface area contributed by atoms with Gasteiger partial charge in [-0.2, -0.15) is 0 Å². The van der Waals surface area contributed by atoms with Crippen molar-refractivity contribution in [2.45, 2.75) is 25.8 Å². The number of benzene rings is 1. The Morgan fingerprint density at radius 2 is 2.05 bits per heavy atom. The topological polar surface area (TPSA) is 76.0 Å². The zero-order valence-corrected chi connectivity index (χ0v) is 12.8. The molecule has 0 saturated carbocycles. The van der Waals surface area contributed by atoms with E-state index in [1.807, 2.05) is 38.2 Å². The van der Waals surface area contributed by atoms with Crippen LogP contribution in [0.3, 0.4) is 0 Å². The minimum absolute atomic E-state index is 0.284. The number of H-pyrrole nitrogens is 1. The van der Waals surface area contributed by atoms with E-state index in [1.54, 1.807) is 6.08 Å². The van der Waals surface area contributed by atoms with Gasteiger partial charge in [0.25, 0.3) is 0 Å². The van der Waals surface area contributed by atoms with Crippen LogP contribution in [0.5, 0.6) is 0 Å². The lowest BCUT2D eigenvalue weighted by Gasteiger charge is -2.17. The number of nitrogens with one attached hydrogen (secondary N) is 1. The summed E-state index contributed by atoms with van der Waals surface area (Å²) >= 11 is 0. The van der Waals surface area contributed by atoms with Gasteiger partial charge < -0.3 is 10.7 Å². The highest BCUT2D eigenvalue weighted by Gasteiger charge is 2.15. The van der Waals surface area contributed by atoms with Crippen molar-refractivity contribution in [3.8, 4) is 0 Å². The summed E-state index contributed by atoms with van der Waals surface area (Å²) < 4.78 is 22.4. The number of aromatic amines is 1. The molecule has 0 amide bonds. The van der Waals surface area contributed by atoms with Crippen LogP contribution in [-0.2, 0) is 16.3 Å². The van der Waals surface area contributed by atoms with E-state index in [0.717, 1.165) is 28.5 Å². The largest absolute Gasteiger partial charge is 0.360 e. The van der Waals surface area contributed by atoms with Gasteiger partial charge in [-0.1, -0.05) is 18.2 Å². The smallest absolute Gasteiger partial charge is 0.168 e. The first-order valence-electron chi connectivity index (χ1n) is 6.42. The number of nitrogens with two attached hydrogens (primary N) is 1. The minimum atomic E-state index is -3.13. The van der Waals surface area contributed by atoms with Gasteiger partial charge in [0.2, 0.25) is 0 Å². The summed E-state index contributed by atoms with van der Waals surface area (Å²) in [4.78, 5) is 3.21. The summed E-state index contributed by atoms with van der Waals surface area (Å²) in [5.74, 6) is 0. The van der Waals surface area contributed by atoms with Gasteiger partial charge in [0.1, 0.15) is 0 Å². The molecule has 0 aliphatic carbocycles. The Morgan fingerprint density at radius 1 is 1.35 bits per heavy atom. The molecule has 0 spiro atoms. The molecule has 20 heavy (non-hydrogen) atoms. The van der Waals surface area contributed by atoms with Crippen LogP contribution in [0.25, 0.3) is 17.0 Å².